The maximum absolute atomic E-state index is 12.7. The second-order valence-corrected chi connectivity index (χ2v) is 7.58. The van der Waals surface area contributed by atoms with E-state index < -0.39 is 36.9 Å². The number of aliphatic hydroxyl groups excluding tert-OH is 3. The molecule has 0 aromatic carbocycles. The van der Waals surface area contributed by atoms with Gasteiger partial charge in [0.1, 0.15) is 24.0 Å². The van der Waals surface area contributed by atoms with Gasteiger partial charge in [-0.2, -0.15) is 23.1 Å². The minimum absolute atomic E-state index is 0.0589. The van der Waals surface area contributed by atoms with E-state index in [1.807, 2.05) is 0 Å². The average molecular weight is 454 g/mol. The SMILES string of the molecule is Cc1nc(NCC(F)(F)F)nc(NC2C[C@H](CO)[C@@H](O)[C@H]2O)c1-c1nc2ncccc2o1. The number of aromatic nitrogens is 4. The van der Waals surface area contributed by atoms with Crippen molar-refractivity contribution in [2.24, 2.45) is 5.92 Å². The summed E-state index contributed by atoms with van der Waals surface area (Å²) in [5.74, 6) is -0.700. The van der Waals surface area contributed by atoms with Gasteiger partial charge in [0, 0.05) is 18.7 Å². The van der Waals surface area contributed by atoms with Gasteiger partial charge in [-0.05, 0) is 25.5 Å². The second-order valence-electron chi connectivity index (χ2n) is 7.58. The molecule has 1 fully saturated rings. The number of alkyl halides is 3. The molecule has 0 saturated heterocycles. The summed E-state index contributed by atoms with van der Waals surface area (Å²) in [6.45, 7) is -0.115. The van der Waals surface area contributed by atoms with Gasteiger partial charge in [-0.1, -0.05) is 0 Å². The summed E-state index contributed by atoms with van der Waals surface area (Å²) in [4.78, 5) is 16.6. The number of oxazole rings is 1. The van der Waals surface area contributed by atoms with Gasteiger partial charge in [0.25, 0.3) is 0 Å². The molecule has 10 nitrogen and oxygen atoms in total. The van der Waals surface area contributed by atoms with E-state index >= 15 is 0 Å². The van der Waals surface area contributed by atoms with Crippen LogP contribution in [0.3, 0.4) is 0 Å². The highest BCUT2D eigenvalue weighted by Crippen LogP contribution is 2.35. The monoisotopic (exact) mass is 454 g/mol. The van der Waals surface area contributed by atoms with E-state index in [2.05, 4.69) is 30.6 Å². The zero-order chi connectivity index (χ0) is 23.0. The van der Waals surface area contributed by atoms with Crippen LogP contribution in [-0.4, -0.2) is 72.8 Å². The maximum Gasteiger partial charge on any atom is 0.405 e. The molecule has 1 aliphatic rings. The van der Waals surface area contributed by atoms with Gasteiger partial charge < -0.3 is 30.4 Å². The van der Waals surface area contributed by atoms with E-state index in [1.54, 1.807) is 19.1 Å². The van der Waals surface area contributed by atoms with E-state index in [-0.39, 0.29) is 41.9 Å². The summed E-state index contributed by atoms with van der Waals surface area (Å²) in [6.07, 6.45) is -5.13. The van der Waals surface area contributed by atoms with Gasteiger partial charge >= 0.3 is 6.18 Å². The van der Waals surface area contributed by atoms with E-state index in [4.69, 9.17) is 4.42 Å². The molecule has 0 radical (unpaired) electrons. The molecule has 5 N–H and O–H groups in total. The topological polar surface area (TPSA) is 149 Å². The highest BCUT2D eigenvalue weighted by molar-refractivity contribution is 5.78. The van der Waals surface area contributed by atoms with Gasteiger partial charge in [0.05, 0.1) is 17.8 Å². The summed E-state index contributed by atoms with van der Waals surface area (Å²) in [7, 11) is 0. The lowest BCUT2D eigenvalue weighted by Crippen LogP contribution is -2.36. The van der Waals surface area contributed by atoms with Crippen LogP contribution < -0.4 is 10.6 Å². The Morgan fingerprint density at radius 2 is 1.97 bits per heavy atom. The zero-order valence-electron chi connectivity index (χ0n) is 16.8. The van der Waals surface area contributed by atoms with Crippen molar-refractivity contribution in [3.05, 3.63) is 24.0 Å². The molecule has 4 atom stereocenters. The number of pyridine rings is 1. The number of halogens is 3. The minimum Gasteiger partial charge on any atom is -0.434 e. The molecular weight excluding hydrogens is 433 g/mol. The normalized spacial score (nSPS) is 23.6. The van der Waals surface area contributed by atoms with Crippen LogP contribution in [0, 0.1) is 12.8 Å². The van der Waals surface area contributed by atoms with E-state index in [1.165, 1.54) is 6.20 Å². The Morgan fingerprint density at radius 3 is 2.62 bits per heavy atom. The third-order valence-electron chi connectivity index (χ3n) is 5.27. The maximum atomic E-state index is 12.7. The number of anilines is 2. The summed E-state index contributed by atoms with van der Waals surface area (Å²) in [5, 5.41) is 35.0. The molecule has 3 aromatic rings. The molecule has 32 heavy (non-hydrogen) atoms. The first-order valence-electron chi connectivity index (χ1n) is 9.81. The average Bonchev–Trinajstić information content (AvgIpc) is 3.27. The van der Waals surface area contributed by atoms with Crippen molar-refractivity contribution in [3.8, 4) is 11.5 Å². The number of rotatable bonds is 6. The van der Waals surface area contributed by atoms with Crippen LogP contribution in [0.15, 0.2) is 22.7 Å². The molecule has 4 rings (SSSR count). The number of hydrogen-bond donors (Lipinski definition) is 5. The molecule has 3 heterocycles. The van der Waals surface area contributed by atoms with Gasteiger partial charge in [-0.15, -0.1) is 0 Å². The Balaban J connectivity index is 1.74. The van der Waals surface area contributed by atoms with Gasteiger partial charge in [-0.25, -0.2) is 9.97 Å². The van der Waals surface area contributed by atoms with Crippen molar-refractivity contribution >= 4 is 23.0 Å². The van der Waals surface area contributed by atoms with Crippen molar-refractivity contribution < 1.29 is 32.9 Å². The van der Waals surface area contributed by atoms with E-state index in [0.29, 0.717) is 11.2 Å². The third-order valence-corrected chi connectivity index (χ3v) is 5.27. The smallest absolute Gasteiger partial charge is 0.405 e. The van der Waals surface area contributed by atoms with Crippen molar-refractivity contribution in [2.45, 2.75) is 37.8 Å². The van der Waals surface area contributed by atoms with Crippen LogP contribution >= 0.6 is 0 Å². The van der Waals surface area contributed by atoms with Crippen molar-refractivity contribution in [1.29, 1.82) is 0 Å². The zero-order valence-corrected chi connectivity index (χ0v) is 16.8. The Labute approximate surface area is 179 Å². The van der Waals surface area contributed by atoms with E-state index in [0.717, 1.165) is 0 Å². The molecule has 172 valence electrons. The highest BCUT2D eigenvalue weighted by Gasteiger charge is 2.41. The lowest BCUT2D eigenvalue weighted by molar-refractivity contribution is -0.115. The first-order valence-corrected chi connectivity index (χ1v) is 9.81. The second kappa shape index (κ2) is 8.48. The largest absolute Gasteiger partial charge is 0.434 e. The molecule has 1 aliphatic carbocycles. The lowest BCUT2D eigenvalue weighted by Gasteiger charge is -2.21. The fourth-order valence-corrected chi connectivity index (χ4v) is 3.69. The quantitative estimate of drug-likeness (QED) is 0.371. The standard InChI is InChI=1S/C19H21F3N6O4/c1-8-12(17-27-15-11(32-17)3-2-4-23-15)16(28-18(25-8)24-7-19(20,21)22)26-10-5-9(6-29)13(30)14(10)31/h2-4,9-10,13-14,29-31H,5-7H2,1H3,(H2,24,25,26,28)/t9-,10?,13-,14+/m1/s1. The molecule has 13 heteroatoms. The van der Waals surface area contributed by atoms with Crippen molar-refractivity contribution in [2.75, 3.05) is 23.8 Å². The number of hydrogen-bond acceptors (Lipinski definition) is 10. The Morgan fingerprint density at radius 1 is 1.19 bits per heavy atom. The van der Waals surface area contributed by atoms with Crippen LogP contribution in [0.1, 0.15) is 12.1 Å². The Hall–Kier alpha value is -3.03. The molecular formula is C19H21F3N6O4. The van der Waals surface area contributed by atoms with Gasteiger partial charge in [0.15, 0.2) is 11.2 Å². The fourth-order valence-electron chi connectivity index (χ4n) is 3.69. The molecule has 0 spiro atoms. The predicted molar refractivity (Wildman–Crippen MR) is 107 cm³/mol. The van der Waals surface area contributed by atoms with Gasteiger partial charge in [-0.3, -0.25) is 0 Å². The molecule has 1 unspecified atom stereocenters. The predicted octanol–water partition coefficient (Wildman–Crippen LogP) is 1.48. The molecule has 0 aliphatic heterocycles. The van der Waals surface area contributed by atoms with Gasteiger partial charge in [0.2, 0.25) is 11.8 Å². The number of nitrogens with one attached hydrogen (secondary N) is 2. The third kappa shape index (κ3) is 4.45. The molecule has 0 bridgehead atoms. The molecule has 1 saturated carbocycles. The van der Waals surface area contributed by atoms with E-state index in [9.17, 15) is 28.5 Å². The summed E-state index contributed by atoms with van der Waals surface area (Å²) in [6, 6.07) is 2.59. The Bertz CT molecular complexity index is 1080. The lowest BCUT2D eigenvalue weighted by atomic mass is 10.1. The van der Waals surface area contributed by atoms with Crippen LogP contribution in [0.4, 0.5) is 24.9 Å². The number of aliphatic hydroxyl groups is 3. The summed E-state index contributed by atoms with van der Waals surface area (Å²) in [5.41, 5.74) is 1.26. The summed E-state index contributed by atoms with van der Waals surface area (Å²) < 4.78 is 43.7. The summed E-state index contributed by atoms with van der Waals surface area (Å²) >= 11 is 0. The number of nitrogens with zero attached hydrogens (tertiary/aromatic N) is 4. The number of fused-ring (bicyclic) bond motifs is 1. The van der Waals surface area contributed by atoms with Crippen LogP contribution in [0.5, 0.6) is 0 Å². The highest BCUT2D eigenvalue weighted by atomic mass is 19.4. The first kappa shape index (κ1) is 22.2. The number of aryl methyl sites for hydroxylation is 1. The minimum atomic E-state index is -4.48. The first-order chi connectivity index (χ1) is 15.2. The molecule has 3 aromatic heterocycles. The fraction of sp³-hybridized carbons (Fsp3) is 0.474. The van der Waals surface area contributed by atoms with Crippen molar-refractivity contribution in [1.82, 2.24) is 19.9 Å². The van der Waals surface area contributed by atoms with Crippen LogP contribution in [0.2, 0.25) is 0 Å². The molecule has 0 amide bonds. The van der Waals surface area contributed by atoms with Crippen molar-refractivity contribution in [3.63, 3.8) is 0 Å². The Kier molecular flexibility index (Phi) is 5.88. The van der Waals surface area contributed by atoms with Crippen LogP contribution in [-0.2, 0) is 0 Å². The van der Waals surface area contributed by atoms with Crippen LogP contribution in [0.25, 0.3) is 22.7 Å².